The molecule has 2 aromatic rings. The Bertz CT molecular complexity index is 874. The minimum atomic E-state index is 0.0296. The molecular formula is C21H26ClN3O2. The van der Waals surface area contributed by atoms with Gasteiger partial charge in [-0.25, -0.2) is 4.98 Å². The molecule has 0 atom stereocenters. The molecule has 2 aliphatic rings. The van der Waals surface area contributed by atoms with Gasteiger partial charge < -0.3 is 9.72 Å². The number of fused-ring (bicyclic) bond motifs is 1. The van der Waals surface area contributed by atoms with Crippen LogP contribution in [0, 0.1) is 0 Å². The summed E-state index contributed by atoms with van der Waals surface area (Å²) in [7, 11) is 1.62. The van der Waals surface area contributed by atoms with E-state index < -0.39 is 0 Å². The molecule has 1 N–H and O–H groups in total. The van der Waals surface area contributed by atoms with E-state index in [0.29, 0.717) is 29.8 Å². The van der Waals surface area contributed by atoms with Crippen LogP contribution in [0.3, 0.4) is 0 Å². The summed E-state index contributed by atoms with van der Waals surface area (Å²) in [6.45, 7) is 2.18. The maximum atomic E-state index is 12.7. The van der Waals surface area contributed by atoms with Crippen LogP contribution >= 0.6 is 11.6 Å². The number of methoxy groups -OCH3 is 1. The predicted octanol–water partition coefficient (Wildman–Crippen LogP) is 4.04. The average molecular weight is 388 g/mol. The van der Waals surface area contributed by atoms with Crippen LogP contribution < -0.4 is 10.3 Å². The summed E-state index contributed by atoms with van der Waals surface area (Å²) >= 11 is 6.43. The van der Waals surface area contributed by atoms with Crippen molar-refractivity contribution in [1.82, 2.24) is 14.9 Å². The van der Waals surface area contributed by atoms with Crippen LogP contribution in [0.25, 0.3) is 0 Å². The summed E-state index contributed by atoms with van der Waals surface area (Å²) in [6.07, 6.45) is 6.86. The Morgan fingerprint density at radius 3 is 2.89 bits per heavy atom. The number of halogens is 1. The van der Waals surface area contributed by atoms with Gasteiger partial charge in [0.25, 0.3) is 5.56 Å². The lowest BCUT2D eigenvalue weighted by Crippen LogP contribution is -2.36. The molecule has 0 spiro atoms. The molecular weight excluding hydrogens is 362 g/mol. The number of aromatic amines is 1. The van der Waals surface area contributed by atoms with Crippen molar-refractivity contribution >= 4 is 11.6 Å². The molecule has 0 radical (unpaired) electrons. The summed E-state index contributed by atoms with van der Waals surface area (Å²) in [5.41, 5.74) is 2.83. The van der Waals surface area contributed by atoms with Gasteiger partial charge in [0, 0.05) is 32.0 Å². The summed E-state index contributed by atoms with van der Waals surface area (Å²) in [6, 6.07) is 5.82. The van der Waals surface area contributed by atoms with Crippen LogP contribution in [-0.2, 0) is 19.5 Å². The Morgan fingerprint density at radius 1 is 1.30 bits per heavy atom. The van der Waals surface area contributed by atoms with Crippen molar-refractivity contribution in [1.29, 1.82) is 0 Å². The zero-order valence-corrected chi connectivity index (χ0v) is 16.5. The fourth-order valence-corrected chi connectivity index (χ4v) is 4.54. The number of benzene rings is 1. The first-order chi connectivity index (χ1) is 13.2. The van der Waals surface area contributed by atoms with Crippen LogP contribution in [0.1, 0.15) is 60.7 Å². The minimum absolute atomic E-state index is 0.0296. The molecule has 144 valence electrons. The normalized spacial score (nSPS) is 18.3. The third kappa shape index (κ3) is 3.90. The molecule has 1 aliphatic heterocycles. The van der Waals surface area contributed by atoms with E-state index in [1.165, 1.54) is 19.3 Å². The maximum absolute atomic E-state index is 12.7. The van der Waals surface area contributed by atoms with Gasteiger partial charge in [-0.15, -0.1) is 0 Å². The van der Waals surface area contributed by atoms with Crippen LogP contribution in [0.15, 0.2) is 23.0 Å². The van der Waals surface area contributed by atoms with Crippen molar-refractivity contribution in [3.8, 4) is 5.75 Å². The number of hydrogen-bond donors (Lipinski definition) is 1. The van der Waals surface area contributed by atoms with E-state index in [2.05, 4.69) is 9.88 Å². The van der Waals surface area contributed by atoms with E-state index in [1.54, 1.807) is 7.11 Å². The molecule has 1 saturated carbocycles. The fraction of sp³-hybridized carbons (Fsp3) is 0.524. The standard InChI is InChI=1S/C21H26ClN3O2/c1-27-18-9-5-8-15(19(18)22)12-25-11-10-17-16(13-25)21(26)24-20(23-17)14-6-3-2-4-7-14/h5,8-9,14H,2-4,6-7,10-13H2,1H3,(H,23,24,26). The molecule has 1 aliphatic carbocycles. The monoisotopic (exact) mass is 387 g/mol. The molecule has 27 heavy (non-hydrogen) atoms. The van der Waals surface area contributed by atoms with E-state index in [1.807, 2.05) is 18.2 Å². The molecule has 4 rings (SSSR count). The van der Waals surface area contributed by atoms with Crippen molar-refractivity contribution in [2.45, 2.75) is 57.5 Å². The topological polar surface area (TPSA) is 58.2 Å². The zero-order chi connectivity index (χ0) is 18.8. The molecule has 0 unspecified atom stereocenters. The smallest absolute Gasteiger partial charge is 0.255 e. The Balaban J connectivity index is 1.52. The lowest BCUT2D eigenvalue weighted by Gasteiger charge is -2.29. The third-order valence-electron chi connectivity index (χ3n) is 5.82. The number of nitrogens with one attached hydrogen (secondary N) is 1. The molecule has 1 fully saturated rings. The van der Waals surface area contributed by atoms with Gasteiger partial charge >= 0.3 is 0 Å². The second-order valence-corrected chi connectivity index (χ2v) is 7.98. The van der Waals surface area contributed by atoms with Gasteiger partial charge in [0.1, 0.15) is 11.6 Å². The molecule has 0 amide bonds. The van der Waals surface area contributed by atoms with Crippen molar-refractivity contribution in [2.24, 2.45) is 0 Å². The molecule has 0 saturated heterocycles. The van der Waals surface area contributed by atoms with Gasteiger partial charge in [0.15, 0.2) is 0 Å². The van der Waals surface area contributed by atoms with Gasteiger partial charge in [-0.3, -0.25) is 9.69 Å². The number of rotatable bonds is 4. The average Bonchev–Trinajstić information content (AvgIpc) is 2.70. The molecule has 5 nitrogen and oxygen atoms in total. The van der Waals surface area contributed by atoms with E-state index in [9.17, 15) is 4.79 Å². The number of hydrogen-bond acceptors (Lipinski definition) is 4. The first kappa shape index (κ1) is 18.5. The maximum Gasteiger partial charge on any atom is 0.255 e. The van der Waals surface area contributed by atoms with Crippen LogP contribution in [0.4, 0.5) is 0 Å². The lowest BCUT2D eigenvalue weighted by molar-refractivity contribution is 0.240. The Hall–Kier alpha value is -1.85. The lowest BCUT2D eigenvalue weighted by atomic mass is 9.88. The van der Waals surface area contributed by atoms with Gasteiger partial charge in [0.2, 0.25) is 0 Å². The van der Waals surface area contributed by atoms with Gasteiger partial charge in [0.05, 0.1) is 23.4 Å². The number of H-pyrrole nitrogens is 1. The third-order valence-corrected chi connectivity index (χ3v) is 6.24. The highest BCUT2D eigenvalue weighted by Gasteiger charge is 2.25. The quantitative estimate of drug-likeness (QED) is 0.860. The largest absolute Gasteiger partial charge is 0.495 e. The van der Waals surface area contributed by atoms with Crippen molar-refractivity contribution in [3.63, 3.8) is 0 Å². The van der Waals surface area contributed by atoms with Gasteiger partial charge in [-0.1, -0.05) is 43.0 Å². The van der Waals surface area contributed by atoms with Crippen LogP contribution in [-0.4, -0.2) is 28.5 Å². The summed E-state index contributed by atoms with van der Waals surface area (Å²) < 4.78 is 5.31. The van der Waals surface area contributed by atoms with E-state index in [0.717, 1.165) is 48.5 Å². The number of aromatic nitrogens is 2. The molecule has 1 aromatic heterocycles. The Kier molecular flexibility index (Phi) is 5.50. The number of nitrogens with zero attached hydrogens (tertiary/aromatic N) is 2. The molecule has 2 heterocycles. The second-order valence-electron chi connectivity index (χ2n) is 7.61. The van der Waals surface area contributed by atoms with Crippen LogP contribution in [0.2, 0.25) is 5.02 Å². The highest BCUT2D eigenvalue weighted by molar-refractivity contribution is 6.32. The molecule has 6 heteroatoms. The van der Waals surface area contributed by atoms with Crippen molar-refractivity contribution in [3.05, 3.63) is 56.2 Å². The van der Waals surface area contributed by atoms with E-state index >= 15 is 0 Å². The summed E-state index contributed by atoms with van der Waals surface area (Å²) in [5.74, 6) is 2.01. The van der Waals surface area contributed by atoms with E-state index in [-0.39, 0.29) is 5.56 Å². The summed E-state index contributed by atoms with van der Waals surface area (Å²) in [4.78, 5) is 22.9. The summed E-state index contributed by atoms with van der Waals surface area (Å²) in [5, 5.41) is 0.644. The first-order valence-electron chi connectivity index (χ1n) is 9.81. The second kappa shape index (κ2) is 8.03. The Morgan fingerprint density at radius 2 is 2.11 bits per heavy atom. The number of ether oxygens (including phenoxy) is 1. The first-order valence-corrected chi connectivity index (χ1v) is 10.2. The molecule has 1 aromatic carbocycles. The van der Waals surface area contributed by atoms with Crippen molar-refractivity contribution in [2.75, 3.05) is 13.7 Å². The van der Waals surface area contributed by atoms with Gasteiger partial charge in [-0.2, -0.15) is 0 Å². The van der Waals surface area contributed by atoms with Crippen molar-refractivity contribution < 1.29 is 4.74 Å². The fourth-order valence-electron chi connectivity index (χ4n) is 4.28. The Labute approximate surface area is 164 Å². The zero-order valence-electron chi connectivity index (χ0n) is 15.8. The highest BCUT2D eigenvalue weighted by Crippen LogP contribution is 2.32. The molecule has 0 bridgehead atoms. The predicted molar refractivity (Wildman–Crippen MR) is 107 cm³/mol. The van der Waals surface area contributed by atoms with Gasteiger partial charge in [-0.05, 0) is 24.5 Å². The minimum Gasteiger partial charge on any atom is -0.495 e. The van der Waals surface area contributed by atoms with E-state index in [4.69, 9.17) is 21.3 Å². The SMILES string of the molecule is COc1cccc(CN2CCc3nc(C4CCCCC4)[nH]c(=O)c3C2)c1Cl. The highest BCUT2D eigenvalue weighted by atomic mass is 35.5. The van der Waals surface area contributed by atoms with Crippen LogP contribution in [0.5, 0.6) is 5.75 Å².